The van der Waals surface area contributed by atoms with Gasteiger partial charge >= 0.3 is 0 Å². The molecule has 1 aromatic rings. The summed E-state index contributed by atoms with van der Waals surface area (Å²) in [6.45, 7) is 2.27. The summed E-state index contributed by atoms with van der Waals surface area (Å²) >= 11 is 0. The van der Waals surface area contributed by atoms with Crippen LogP contribution in [0.2, 0.25) is 0 Å². The SMILES string of the molecule is CCCC1CCC(NC)C(Oc2cccc(OC)c2)C1. The molecule has 3 nitrogen and oxygen atoms in total. The third-order valence-electron chi connectivity index (χ3n) is 4.30. The fraction of sp³-hybridized carbons (Fsp3) is 0.647. The number of hydrogen-bond donors (Lipinski definition) is 1. The fourth-order valence-corrected chi connectivity index (χ4v) is 3.19. The largest absolute Gasteiger partial charge is 0.497 e. The van der Waals surface area contributed by atoms with Crippen molar-refractivity contribution in [3.63, 3.8) is 0 Å². The van der Waals surface area contributed by atoms with E-state index in [0.717, 1.165) is 23.8 Å². The van der Waals surface area contributed by atoms with Gasteiger partial charge in [-0.25, -0.2) is 0 Å². The van der Waals surface area contributed by atoms with Crippen molar-refractivity contribution in [3.8, 4) is 11.5 Å². The van der Waals surface area contributed by atoms with E-state index in [-0.39, 0.29) is 6.10 Å². The summed E-state index contributed by atoms with van der Waals surface area (Å²) in [7, 11) is 3.72. The first-order valence-corrected chi connectivity index (χ1v) is 7.74. The molecule has 2 rings (SSSR count). The van der Waals surface area contributed by atoms with Crippen molar-refractivity contribution in [1.82, 2.24) is 5.32 Å². The van der Waals surface area contributed by atoms with Gasteiger partial charge in [0.1, 0.15) is 17.6 Å². The van der Waals surface area contributed by atoms with E-state index in [9.17, 15) is 0 Å². The van der Waals surface area contributed by atoms with Crippen LogP contribution in [0.1, 0.15) is 39.0 Å². The van der Waals surface area contributed by atoms with Gasteiger partial charge in [-0.1, -0.05) is 25.8 Å². The topological polar surface area (TPSA) is 30.5 Å². The molecule has 3 atom stereocenters. The average Bonchev–Trinajstić information content (AvgIpc) is 2.48. The van der Waals surface area contributed by atoms with Crippen LogP contribution >= 0.6 is 0 Å². The number of benzene rings is 1. The summed E-state index contributed by atoms with van der Waals surface area (Å²) in [4.78, 5) is 0. The maximum Gasteiger partial charge on any atom is 0.123 e. The lowest BCUT2D eigenvalue weighted by molar-refractivity contribution is 0.0864. The molecule has 0 bridgehead atoms. The highest BCUT2D eigenvalue weighted by Gasteiger charge is 2.30. The van der Waals surface area contributed by atoms with Crippen molar-refractivity contribution in [2.75, 3.05) is 14.2 Å². The van der Waals surface area contributed by atoms with Gasteiger partial charge in [0.15, 0.2) is 0 Å². The molecule has 3 heteroatoms. The molecule has 0 aromatic heterocycles. The molecule has 0 radical (unpaired) electrons. The van der Waals surface area contributed by atoms with Crippen LogP contribution in [-0.4, -0.2) is 26.3 Å². The van der Waals surface area contributed by atoms with Gasteiger partial charge in [-0.15, -0.1) is 0 Å². The molecule has 0 heterocycles. The quantitative estimate of drug-likeness (QED) is 0.861. The lowest BCUT2D eigenvalue weighted by Crippen LogP contribution is -2.45. The number of ether oxygens (including phenoxy) is 2. The van der Waals surface area contributed by atoms with E-state index in [1.807, 2.05) is 31.3 Å². The molecule has 112 valence electrons. The minimum atomic E-state index is 0.261. The molecule has 1 aromatic carbocycles. The van der Waals surface area contributed by atoms with Crippen LogP contribution in [0, 0.1) is 5.92 Å². The Kier molecular flexibility index (Phi) is 5.72. The van der Waals surface area contributed by atoms with Crippen molar-refractivity contribution in [2.45, 2.75) is 51.2 Å². The predicted molar refractivity (Wildman–Crippen MR) is 82.5 cm³/mol. The molecule has 0 amide bonds. The van der Waals surface area contributed by atoms with Crippen molar-refractivity contribution in [2.24, 2.45) is 5.92 Å². The lowest BCUT2D eigenvalue weighted by atomic mass is 9.81. The summed E-state index contributed by atoms with van der Waals surface area (Å²) in [5.41, 5.74) is 0. The average molecular weight is 277 g/mol. The van der Waals surface area contributed by atoms with Crippen molar-refractivity contribution < 1.29 is 9.47 Å². The van der Waals surface area contributed by atoms with Gasteiger partial charge in [-0.3, -0.25) is 0 Å². The molecule has 0 aliphatic heterocycles. The van der Waals surface area contributed by atoms with Gasteiger partial charge in [0, 0.05) is 12.1 Å². The Labute approximate surface area is 122 Å². The normalized spacial score (nSPS) is 26.2. The van der Waals surface area contributed by atoms with Crippen LogP contribution in [0.5, 0.6) is 11.5 Å². The van der Waals surface area contributed by atoms with Crippen LogP contribution in [0.25, 0.3) is 0 Å². The second-order valence-electron chi connectivity index (χ2n) is 5.70. The van der Waals surface area contributed by atoms with Crippen molar-refractivity contribution >= 4 is 0 Å². The first-order chi connectivity index (χ1) is 9.76. The molecule has 0 spiro atoms. The number of likely N-dealkylation sites (N-methyl/N-ethyl adjacent to an activating group) is 1. The molecule has 1 aliphatic carbocycles. The van der Waals surface area contributed by atoms with Gasteiger partial charge in [-0.05, 0) is 44.4 Å². The van der Waals surface area contributed by atoms with Gasteiger partial charge in [0.25, 0.3) is 0 Å². The van der Waals surface area contributed by atoms with Gasteiger partial charge in [0.2, 0.25) is 0 Å². The summed E-state index contributed by atoms with van der Waals surface area (Å²) in [6, 6.07) is 8.36. The molecule has 20 heavy (non-hydrogen) atoms. The first kappa shape index (κ1) is 15.2. The fourth-order valence-electron chi connectivity index (χ4n) is 3.19. The van der Waals surface area contributed by atoms with E-state index in [1.165, 1.54) is 25.7 Å². The highest BCUT2D eigenvalue weighted by atomic mass is 16.5. The smallest absolute Gasteiger partial charge is 0.123 e. The highest BCUT2D eigenvalue weighted by Crippen LogP contribution is 2.31. The Hall–Kier alpha value is -1.22. The number of methoxy groups -OCH3 is 1. The Morgan fingerprint density at radius 3 is 2.75 bits per heavy atom. The summed E-state index contributed by atoms with van der Waals surface area (Å²) in [5.74, 6) is 2.57. The van der Waals surface area contributed by atoms with Crippen LogP contribution in [0.3, 0.4) is 0 Å². The van der Waals surface area contributed by atoms with Crippen molar-refractivity contribution in [1.29, 1.82) is 0 Å². The van der Waals surface area contributed by atoms with E-state index in [4.69, 9.17) is 9.47 Å². The van der Waals surface area contributed by atoms with Crippen LogP contribution < -0.4 is 14.8 Å². The molecular weight excluding hydrogens is 250 g/mol. The molecule has 1 fully saturated rings. The van der Waals surface area contributed by atoms with E-state index >= 15 is 0 Å². The van der Waals surface area contributed by atoms with E-state index in [0.29, 0.717) is 6.04 Å². The Balaban J connectivity index is 2.02. The predicted octanol–water partition coefficient (Wildman–Crippen LogP) is 3.63. The second-order valence-corrected chi connectivity index (χ2v) is 5.70. The maximum absolute atomic E-state index is 6.24. The second kappa shape index (κ2) is 7.53. The van der Waals surface area contributed by atoms with Crippen LogP contribution in [-0.2, 0) is 0 Å². The van der Waals surface area contributed by atoms with E-state index < -0.39 is 0 Å². The summed E-state index contributed by atoms with van der Waals surface area (Å²) in [5, 5.41) is 3.41. The van der Waals surface area contributed by atoms with Gasteiger partial charge in [0.05, 0.1) is 7.11 Å². The molecule has 1 aliphatic rings. The first-order valence-electron chi connectivity index (χ1n) is 7.74. The van der Waals surface area contributed by atoms with Gasteiger partial charge in [-0.2, -0.15) is 0 Å². The summed E-state index contributed by atoms with van der Waals surface area (Å²) < 4.78 is 11.5. The Morgan fingerprint density at radius 2 is 2.05 bits per heavy atom. The lowest BCUT2D eigenvalue weighted by Gasteiger charge is -2.36. The van der Waals surface area contributed by atoms with E-state index in [2.05, 4.69) is 12.2 Å². The molecule has 1 N–H and O–H groups in total. The van der Waals surface area contributed by atoms with Gasteiger partial charge < -0.3 is 14.8 Å². The third kappa shape index (κ3) is 3.89. The third-order valence-corrected chi connectivity index (χ3v) is 4.30. The number of hydrogen-bond acceptors (Lipinski definition) is 3. The van der Waals surface area contributed by atoms with Crippen LogP contribution in [0.15, 0.2) is 24.3 Å². The monoisotopic (exact) mass is 277 g/mol. The molecular formula is C17H27NO2. The zero-order chi connectivity index (χ0) is 14.4. The zero-order valence-corrected chi connectivity index (χ0v) is 12.9. The van der Waals surface area contributed by atoms with E-state index in [1.54, 1.807) is 7.11 Å². The number of rotatable bonds is 6. The minimum absolute atomic E-state index is 0.261. The molecule has 0 saturated heterocycles. The summed E-state index contributed by atoms with van der Waals surface area (Å²) in [6.07, 6.45) is 6.51. The highest BCUT2D eigenvalue weighted by molar-refractivity contribution is 5.33. The number of nitrogens with one attached hydrogen (secondary N) is 1. The Morgan fingerprint density at radius 1 is 1.25 bits per heavy atom. The zero-order valence-electron chi connectivity index (χ0n) is 12.9. The minimum Gasteiger partial charge on any atom is -0.497 e. The van der Waals surface area contributed by atoms with Crippen LogP contribution in [0.4, 0.5) is 0 Å². The standard InChI is InChI=1S/C17H27NO2/c1-4-6-13-9-10-16(18-2)17(11-13)20-15-8-5-7-14(12-15)19-3/h5,7-8,12-13,16-18H,4,6,9-11H2,1-3H3. The molecule has 3 unspecified atom stereocenters. The van der Waals surface area contributed by atoms with Crippen molar-refractivity contribution in [3.05, 3.63) is 24.3 Å². The Bertz CT molecular complexity index is 408. The molecule has 1 saturated carbocycles. The maximum atomic E-state index is 6.24.